The lowest BCUT2D eigenvalue weighted by Crippen LogP contribution is -2.42. The van der Waals surface area contributed by atoms with Crippen molar-refractivity contribution in [1.82, 2.24) is 10.3 Å². The van der Waals surface area contributed by atoms with E-state index in [1.165, 1.54) is 0 Å². The summed E-state index contributed by atoms with van der Waals surface area (Å²) in [6.07, 6.45) is 1.68. The number of amides is 1. The molecule has 1 unspecified atom stereocenters. The Morgan fingerprint density at radius 1 is 1.53 bits per heavy atom. The molecule has 4 N–H and O–H groups in total. The molecule has 104 valence electrons. The van der Waals surface area contributed by atoms with Crippen LogP contribution >= 0.6 is 23.2 Å². The van der Waals surface area contributed by atoms with E-state index in [0.29, 0.717) is 21.7 Å². The predicted molar refractivity (Wildman–Crippen MR) is 76.5 cm³/mol. The lowest BCUT2D eigenvalue weighted by Gasteiger charge is -2.25. The van der Waals surface area contributed by atoms with Crippen LogP contribution < -0.4 is 21.5 Å². The van der Waals surface area contributed by atoms with Crippen molar-refractivity contribution in [2.24, 2.45) is 5.84 Å². The van der Waals surface area contributed by atoms with Crippen molar-refractivity contribution in [2.45, 2.75) is 18.9 Å². The Labute approximate surface area is 121 Å². The van der Waals surface area contributed by atoms with E-state index >= 15 is 0 Å². The maximum atomic E-state index is 11.8. The highest BCUT2D eigenvalue weighted by atomic mass is 35.5. The molecule has 19 heavy (non-hydrogen) atoms. The number of aromatic nitrogens is 1. The zero-order chi connectivity index (χ0) is 14.0. The van der Waals surface area contributed by atoms with Crippen LogP contribution in [0, 0.1) is 0 Å². The van der Waals surface area contributed by atoms with E-state index in [2.05, 4.69) is 15.7 Å². The van der Waals surface area contributed by atoms with Crippen LogP contribution in [-0.2, 0) is 4.79 Å². The van der Waals surface area contributed by atoms with Gasteiger partial charge in [0.05, 0.1) is 10.0 Å². The minimum atomic E-state index is -0.262. The fourth-order valence-electron chi connectivity index (χ4n) is 2.22. The van der Waals surface area contributed by atoms with Crippen LogP contribution in [0.4, 0.5) is 11.6 Å². The van der Waals surface area contributed by atoms with E-state index in [0.717, 1.165) is 19.4 Å². The Bertz CT molecular complexity index is 496. The van der Waals surface area contributed by atoms with Crippen molar-refractivity contribution in [1.29, 1.82) is 0 Å². The molecule has 8 heteroatoms. The van der Waals surface area contributed by atoms with E-state index < -0.39 is 0 Å². The fourth-order valence-corrected chi connectivity index (χ4v) is 2.74. The Balaban J connectivity index is 2.37. The number of hydrazine groups is 1. The standard InChI is InChI=1S/C11H15Cl2N5O/c1-15-11(19)8-3-2-4-18(8)10-7(13)5-6(12)9(16-10)17-14/h5,8H,2-4,14H2,1H3,(H,15,19)(H,16,17). The SMILES string of the molecule is CNC(=O)C1CCCN1c1nc(NN)c(Cl)cc1Cl. The summed E-state index contributed by atoms with van der Waals surface area (Å²) in [6.45, 7) is 0.719. The molecule has 0 bridgehead atoms. The van der Waals surface area contributed by atoms with E-state index in [1.54, 1.807) is 13.1 Å². The van der Waals surface area contributed by atoms with Gasteiger partial charge in [-0.3, -0.25) is 4.79 Å². The monoisotopic (exact) mass is 303 g/mol. The van der Waals surface area contributed by atoms with Crippen molar-refractivity contribution >= 4 is 40.7 Å². The Kier molecular flexibility index (Phi) is 4.34. The zero-order valence-corrected chi connectivity index (χ0v) is 11.9. The number of rotatable bonds is 3. The van der Waals surface area contributed by atoms with Crippen molar-refractivity contribution in [3.8, 4) is 0 Å². The second-order valence-electron chi connectivity index (χ2n) is 4.23. The molecule has 1 aliphatic rings. The van der Waals surface area contributed by atoms with Gasteiger partial charge in [-0.2, -0.15) is 0 Å². The van der Waals surface area contributed by atoms with Gasteiger partial charge in [-0.05, 0) is 18.9 Å². The van der Waals surface area contributed by atoms with Gasteiger partial charge in [0.1, 0.15) is 6.04 Å². The quantitative estimate of drug-likeness (QED) is 0.580. The molecule has 0 saturated carbocycles. The number of nitrogens with zero attached hydrogens (tertiary/aromatic N) is 2. The molecule has 1 aromatic rings. The van der Waals surface area contributed by atoms with Gasteiger partial charge in [0.15, 0.2) is 11.6 Å². The maximum Gasteiger partial charge on any atom is 0.242 e. The number of carbonyl (C=O) groups excluding carboxylic acids is 1. The van der Waals surface area contributed by atoms with E-state index in [9.17, 15) is 4.79 Å². The average molecular weight is 304 g/mol. The number of anilines is 2. The minimum absolute atomic E-state index is 0.0485. The summed E-state index contributed by atoms with van der Waals surface area (Å²) >= 11 is 12.1. The van der Waals surface area contributed by atoms with Crippen LogP contribution in [0.5, 0.6) is 0 Å². The number of hydrogen-bond donors (Lipinski definition) is 3. The van der Waals surface area contributed by atoms with E-state index in [1.807, 2.05) is 4.90 Å². The number of nitrogens with two attached hydrogens (primary N) is 1. The number of nitrogens with one attached hydrogen (secondary N) is 2. The van der Waals surface area contributed by atoms with Gasteiger partial charge in [-0.1, -0.05) is 23.2 Å². The highest BCUT2D eigenvalue weighted by Gasteiger charge is 2.32. The topological polar surface area (TPSA) is 83.3 Å². The van der Waals surface area contributed by atoms with Crippen LogP contribution in [0.2, 0.25) is 10.0 Å². The van der Waals surface area contributed by atoms with Crippen LogP contribution in [-0.4, -0.2) is 30.5 Å². The van der Waals surface area contributed by atoms with Crippen LogP contribution in [0.15, 0.2) is 6.07 Å². The fraction of sp³-hybridized carbons (Fsp3) is 0.455. The van der Waals surface area contributed by atoms with Gasteiger partial charge >= 0.3 is 0 Å². The summed E-state index contributed by atoms with van der Waals surface area (Å²) < 4.78 is 0. The summed E-state index contributed by atoms with van der Waals surface area (Å²) in [4.78, 5) is 18.0. The third-order valence-electron chi connectivity index (χ3n) is 3.12. The number of carbonyl (C=O) groups is 1. The molecule has 1 amide bonds. The molecule has 1 fully saturated rings. The first-order valence-corrected chi connectivity index (χ1v) is 6.65. The smallest absolute Gasteiger partial charge is 0.242 e. The zero-order valence-electron chi connectivity index (χ0n) is 10.4. The molecule has 6 nitrogen and oxygen atoms in total. The summed E-state index contributed by atoms with van der Waals surface area (Å²) in [5.41, 5.74) is 2.42. The average Bonchev–Trinajstić information content (AvgIpc) is 2.87. The summed E-state index contributed by atoms with van der Waals surface area (Å²) in [6, 6.07) is 1.31. The first-order chi connectivity index (χ1) is 9.08. The van der Waals surface area contributed by atoms with Gasteiger partial charge < -0.3 is 15.6 Å². The Hall–Kier alpha value is -1.24. The molecule has 1 aromatic heterocycles. The van der Waals surface area contributed by atoms with Gasteiger partial charge in [0.25, 0.3) is 0 Å². The predicted octanol–water partition coefficient (Wildman–Crippen LogP) is 1.39. The maximum absolute atomic E-state index is 11.8. The third-order valence-corrected chi connectivity index (χ3v) is 3.69. The minimum Gasteiger partial charge on any atom is -0.357 e. The molecule has 2 rings (SSSR count). The van der Waals surface area contributed by atoms with Gasteiger partial charge in [0, 0.05) is 13.6 Å². The lowest BCUT2D eigenvalue weighted by atomic mass is 10.2. The summed E-state index contributed by atoms with van der Waals surface area (Å²) in [5, 5.41) is 3.39. The molecule has 0 aromatic carbocycles. The second kappa shape index (κ2) is 5.81. The van der Waals surface area contributed by atoms with Gasteiger partial charge in [-0.25, -0.2) is 10.8 Å². The molecular weight excluding hydrogens is 289 g/mol. The lowest BCUT2D eigenvalue weighted by molar-refractivity contribution is -0.121. The molecule has 1 aliphatic heterocycles. The molecule has 0 aliphatic carbocycles. The normalized spacial score (nSPS) is 18.5. The molecule has 1 saturated heterocycles. The van der Waals surface area contributed by atoms with Gasteiger partial charge in [0.2, 0.25) is 5.91 Å². The number of nitrogen functional groups attached to an aromatic ring is 1. The number of likely N-dealkylation sites (N-methyl/N-ethyl adjacent to an activating group) is 1. The Morgan fingerprint density at radius 2 is 2.26 bits per heavy atom. The van der Waals surface area contributed by atoms with Crippen LogP contribution in [0.3, 0.4) is 0 Å². The molecule has 2 heterocycles. The largest absolute Gasteiger partial charge is 0.357 e. The van der Waals surface area contributed by atoms with Crippen molar-refractivity contribution in [2.75, 3.05) is 23.9 Å². The summed E-state index contributed by atoms with van der Waals surface area (Å²) in [5.74, 6) is 6.16. The highest BCUT2D eigenvalue weighted by molar-refractivity contribution is 6.37. The van der Waals surface area contributed by atoms with Crippen molar-refractivity contribution < 1.29 is 4.79 Å². The first kappa shape index (κ1) is 14.2. The highest BCUT2D eigenvalue weighted by Crippen LogP contribution is 2.34. The number of pyridine rings is 1. The van der Waals surface area contributed by atoms with Crippen LogP contribution in [0.1, 0.15) is 12.8 Å². The van der Waals surface area contributed by atoms with E-state index in [4.69, 9.17) is 29.0 Å². The van der Waals surface area contributed by atoms with Crippen molar-refractivity contribution in [3.05, 3.63) is 16.1 Å². The molecular formula is C11H15Cl2N5O. The van der Waals surface area contributed by atoms with Crippen LogP contribution in [0.25, 0.3) is 0 Å². The third kappa shape index (κ3) is 2.70. The van der Waals surface area contributed by atoms with Crippen molar-refractivity contribution in [3.63, 3.8) is 0 Å². The number of halogens is 2. The van der Waals surface area contributed by atoms with E-state index in [-0.39, 0.29) is 11.9 Å². The molecule has 1 atom stereocenters. The first-order valence-electron chi connectivity index (χ1n) is 5.89. The summed E-state index contributed by atoms with van der Waals surface area (Å²) in [7, 11) is 1.61. The van der Waals surface area contributed by atoms with Gasteiger partial charge in [-0.15, -0.1) is 0 Å². The second-order valence-corrected chi connectivity index (χ2v) is 5.05. The number of hydrogen-bond acceptors (Lipinski definition) is 5. The Morgan fingerprint density at radius 3 is 2.89 bits per heavy atom. The molecule has 0 spiro atoms. The molecule has 0 radical (unpaired) electrons.